The van der Waals surface area contributed by atoms with E-state index in [-0.39, 0.29) is 40.3 Å². The fourth-order valence-electron chi connectivity index (χ4n) is 2.75. The van der Waals surface area contributed by atoms with Crippen molar-refractivity contribution >= 4 is 29.0 Å². The smallest absolute Gasteiger partial charge is 0.306 e. The predicted molar refractivity (Wildman–Crippen MR) is 99.7 cm³/mol. The molecule has 0 radical (unpaired) electrons. The number of benzene rings is 1. The Morgan fingerprint density at radius 3 is 2.57 bits per heavy atom. The highest BCUT2D eigenvalue weighted by atomic mass is 35.5. The standard InChI is InChI=1S/C17H16ClFN6O3/c1-10-16(25(27)28)11(2)24(21-10)9-15(26)20-17-14(18)8-23(22-17)7-12-3-5-13(19)6-4-12/h3-6,8H,7,9H2,1-2H3,(H,20,22,26). The second-order valence-corrected chi connectivity index (χ2v) is 6.54. The van der Waals surface area contributed by atoms with Crippen molar-refractivity contribution in [2.24, 2.45) is 0 Å². The summed E-state index contributed by atoms with van der Waals surface area (Å²) in [4.78, 5) is 22.8. The second-order valence-electron chi connectivity index (χ2n) is 6.13. The molecule has 0 fully saturated rings. The van der Waals surface area contributed by atoms with Crippen LogP contribution in [0.15, 0.2) is 30.5 Å². The van der Waals surface area contributed by atoms with E-state index in [1.54, 1.807) is 12.1 Å². The molecule has 0 unspecified atom stereocenters. The molecule has 1 N–H and O–H groups in total. The van der Waals surface area contributed by atoms with E-state index in [1.165, 1.54) is 41.5 Å². The van der Waals surface area contributed by atoms with Crippen LogP contribution in [-0.2, 0) is 17.9 Å². The number of anilines is 1. The first-order chi connectivity index (χ1) is 13.2. The number of nitrogens with one attached hydrogen (secondary N) is 1. The van der Waals surface area contributed by atoms with Crippen LogP contribution in [0.25, 0.3) is 0 Å². The third-order valence-corrected chi connectivity index (χ3v) is 4.33. The van der Waals surface area contributed by atoms with Crippen LogP contribution in [0.2, 0.25) is 5.02 Å². The van der Waals surface area contributed by atoms with E-state index in [0.29, 0.717) is 6.54 Å². The summed E-state index contributed by atoms with van der Waals surface area (Å²) in [7, 11) is 0. The van der Waals surface area contributed by atoms with E-state index in [9.17, 15) is 19.3 Å². The van der Waals surface area contributed by atoms with Crippen molar-refractivity contribution in [2.75, 3.05) is 5.32 Å². The van der Waals surface area contributed by atoms with Gasteiger partial charge in [-0.3, -0.25) is 24.3 Å². The van der Waals surface area contributed by atoms with Gasteiger partial charge in [-0.1, -0.05) is 23.7 Å². The number of nitro groups is 1. The summed E-state index contributed by atoms with van der Waals surface area (Å²) in [6.07, 6.45) is 1.54. The summed E-state index contributed by atoms with van der Waals surface area (Å²) >= 11 is 6.12. The van der Waals surface area contributed by atoms with Crippen LogP contribution in [0.3, 0.4) is 0 Å². The van der Waals surface area contributed by atoms with E-state index >= 15 is 0 Å². The first kappa shape index (κ1) is 19.5. The molecular weight excluding hydrogens is 391 g/mol. The molecule has 2 aromatic heterocycles. The van der Waals surface area contributed by atoms with E-state index in [4.69, 9.17) is 11.6 Å². The number of rotatable bonds is 6. The maximum Gasteiger partial charge on any atom is 0.312 e. The molecule has 0 spiro atoms. The molecule has 0 aliphatic carbocycles. The minimum atomic E-state index is -0.528. The van der Waals surface area contributed by atoms with Crippen LogP contribution in [0.1, 0.15) is 17.0 Å². The summed E-state index contributed by atoms with van der Waals surface area (Å²) < 4.78 is 15.7. The predicted octanol–water partition coefficient (Wildman–Crippen LogP) is 3.08. The molecule has 3 rings (SSSR count). The van der Waals surface area contributed by atoms with Gasteiger partial charge in [0.15, 0.2) is 5.82 Å². The molecule has 0 atom stereocenters. The molecule has 0 saturated carbocycles. The molecule has 3 aromatic rings. The normalized spacial score (nSPS) is 10.9. The SMILES string of the molecule is Cc1nn(CC(=O)Nc2nn(Cc3ccc(F)cc3)cc2Cl)c(C)c1[N+](=O)[O-]. The van der Waals surface area contributed by atoms with Crippen molar-refractivity contribution in [1.29, 1.82) is 0 Å². The highest BCUT2D eigenvalue weighted by Gasteiger charge is 2.23. The number of nitrogens with zero attached hydrogens (tertiary/aromatic N) is 5. The van der Waals surface area contributed by atoms with Gasteiger partial charge in [0, 0.05) is 6.20 Å². The zero-order chi connectivity index (χ0) is 20.4. The molecule has 28 heavy (non-hydrogen) atoms. The summed E-state index contributed by atoms with van der Waals surface area (Å²) in [6.45, 7) is 3.16. The lowest BCUT2D eigenvalue weighted by Gasteiger charge is -2.05. The van der Waals surface area contributed by atoms with Crippen LogP contribution in [0.4, 0.5) is 15.9 Å². The lowest BCUT2D eigenvalue weighted by molar-refractivity contribution is -0.386. The Labute approximate surface area is 163 Å². The van der Waals surface area contributed by atoms with Gasteiger partial charge in [0.1, 0.15) is 28.8 Å². The van der Waals surface area contributed by atoms with Gasteiger partial charge in [0.05, 0.1) is 11.5 Å². The Hall–Kier alpha value is -3.27. The van der Waals surface area contributed by atoms with Crippen LogP contribution >= 0.6 is 11.6 Å². The summed E-state index contributed by atoms with van der Waals surface area (Å²) in [5, 5.41) is 22.1. The molecule has 1 aromatic carbocycles. The van der Waals surface area contributed by atoms with Crippen molar-refractivity contribution in [2.45, 2.75) is 26.9 Å². The van der Waals surface area contributed by atoms with E-state index < -0.39 is 10.8 Å². The van der Waals surface area contributed by atoms with Gasteiger partial charge in [-0.2, -0.15) is 10.2 Å². The fraction of sp³-hybridized carbons (Fsp3) is 0.235. The molecule has 1 amide bonds. The maximum atomic E-state index is 13.0. The Balaban J connectivity index is 1.69. The average Bonchev–Trinajstić information content (AvgIpc) is 3.08. The van der Waals surface area contributed by atoms with Gasteiger partial charge in [-0.05, 0) is 31.5 Å². The first-order valence-corrected chi connectivity index (χ1v) is 8.58. The lowest BCUT2D eigenvalue weighted by atomic mass is 10.2. The number of carbonyl (C=O) groups excluding carboxylic acids is 1. The Morgan fingerprint density at radius 1 is 1.29 bits per heavy atom. The number of aromatic nitrogens is 4. The highest BCUT2D eigenvalue weighted by Crippen LogP contribution is 2.23. The van der Waals surface area contributed by atoms with Crippen LogP contribution in [-0.4, -0.2) is 30.4 Å². The topological polar surface area (TPSA) is 108 Å². The van der Waals surface area contributed by atoms with Crippen LogP contribution in [0.5, 0.6) is 0 Å². The van der Waals surface area contributed by atoms with Gasteiger partial charge < -0.3 is 5.32 Å². The Bertz CT molecular complexity index is 1040. The van der Waals surface area contributed by atoms with Crippen molar-refractivity contribution in [3.05, 3.63) is 68.4 Å². The number of amides is 1. The van der Waals surface area contributed by atoms with Gasteiger partial charge in [-0.25, -0.2) is 4.39 Å². The molecule has 0 aliphatic rings. The number of halogens is 2. The molecule has 9 nitrogen and oxygen atoms in total. The number of carbonyl (C=O) groups is 1. The maximum absolute atomic E-state index is 13.0. The van der Waals surface area contributed by atoms with Crippen LogP contribution in [0, 0.1) is 29.8 Å². The summed E-state index contributed by atoms with van der Waals surface area (Å²) in [5.74, 6) is -0.654. The number of hydrogen-bond acceptors (Lipinski definition) is 5. The second kappa shape index (κ2) is 7.77. The van der Waals surface area contributed by atoms with E-state index in [2.05, 4.69) is 15.5 Å². The lowest BCUT2D eigenvalue weighted by Crippen LogP contribution is -2.21. The minimum Gasteiger partial charge on any atom is -0.306 e. The molecule has 146 valence electrons. The fourth-order valence-corrected chi connectivity index (χ4v) is 2.95. The third-order valence-electron chi connectivity index (χ3n) is 4.05. The van der Waals surface area contributed by atoms with Gasteiger partial charge in [0.25, 0.3) is 0 Å². The molecule has 0 bridgehead atoms. The number of aryl methyl sites for hydroxylation is 1. The average molecular weight is 407 g/mol. The molecule has 11 heteroatoms. The van der Waals surface area contributed by atoms with Crippen molar-refractivity contribution in [3.8, 4) is 0 Å². The molecule has 0 saturated heterocycles. The Kier molecular flexibility index (Phi) is 5.41. The number of hydrogen-bond donors (Lipinski definition) is 1. The van der Waals surface area contributed by atoms with E-state index in [0.717, 1.165) is 5.56 Å². The van der Waals surface area contributed by atoms with Gasteiger partial charge >= 0.3 is 5.69 Å². The summed E-state index contributed by atoms with van der Waals surface area (Å²) in [5.41, 5.74) is 1.21. The van der Waals surface area contributed by atoms with E-state index in [1.807, 2.05) is 0 Å². The molecule has 0 aliphatic heterocycles. The minimum absolute atomic E-state index is 0.116. The van der Waals surface area contributed by atoms with Crippen molar-refractivity contribution in [1.82, 2.24) is 19.6 Å². The quantitative estimate of drug-likeness (QED) is 0.500. The largest absolute Gasteiger partial charge is 0.312 e. The van der Waals surface area contributed by atoms with Crippen molar-refractivity contribution < 1.29 is 14.1 Å². The molecule has 2 heterocycles. The highest BCUT2D eigenvalue weighted by molar-refractivity contribution is 6.33. The monoisotopic (exact) mass is 406 g/mol. The van der Waals surface area contributed by atoms with Gasteiger partial charge in [-0.15, -0.1) is 0 Å². The zero-order valence-corrected chi connectivity index (χ0v) is 15.8. The molecular formula is C17H16ClFN6O3. The van der Waals surface area contributed by atoms with Crippen LogP contribution < -0.4 is 5.32 Å². The summed E-state index contributed by atoms with van der Waals surface area (Å²) in [6, 6.07) is 5.94. The first-order valence-electron chi connectivity index (χ1n) is 8.20. The van der Waals surface area contributed by atoms with Gasteiger partial charge in [0.2, 0.25) is 5.91 Å². The zero-order valence-electron chi connectivity index (χ0n) is 15.0. The third kappa shape index (κ3) is 4.17. The van der Waals surface area contributed by atoms with Crippen molar-refractivity contribution in [3.63, 3.8) is 0 Å². The Morgan fingerprint density at radius 2 is 1.96 bits per heavy atom.